The van der Waals surface area contributed by atoms with Crippen LogP contribution in [-0.2, 0) is 11.8 Å². The lowest BCUT2D eigenvalue weighted by Gasteiger charge is -2.18. The van der Waals surface area contributed by atoms with Crippen LogP contribution in [0.4, 0.5) is 5.69 Å². The van der Waals surface area contributed by atoms with Gasteiger partial charge in [0, 0.05) is 12.7 Å². The Morgan fingerprint density at radius 2 is 1.82 bits per heavy atom. The number of benzene rings is 2. The van der Waals surface area contributed by atoms with E-state index in [1.54, 1.807) is 13.1 Å². The molecule has 0 bridgehead atoms. The van der Waals surface area contributed by atoms with Crippen molar-refractivity contribution in [2.75, 3.05) is 5.32 Å². The van der Waals surface area contributed by atoms with E-state index >= 15 is 0 Å². The van der Waals surface area contributed by atoms with Crippen LogP contribution in [0.3, 0.4) is 0 Å². The van der Waals surface area contributed by atoms with Gasteiger partial charge < -0.3 is 5.32 Å². The number of thioether (sulfide) groups is 1. The molecule has 1 N–H and O–H groups in total. The number of hydrogen-bond donors (Lipinski definition) is 1. The maximum absolute atomic E-state index is 12.8. The summed E-state index contributed by atoms with van der Waals surface area (Å²) in [6, 6.07) is 15.2. The van der Waals surface area contributed by atoms with Crippen LogP contribution in [0, 0.1) is 0 Å². The van der Waals surface area contributed by atoms with E-state index in [0.717, 1.165) is 17.7 Å². The Morgan fingerprint density at radius 1 is 1.14 bits per heavy atom. The Bertz CT molecular complexity index is 1060. The molecule has 3 aromatic rings. The SMILES string of the molecule is CCC(C)c1ccccc1NC(=O)C(C)Sc1nc2ccccc2c(=O)n1C. The molecule has 146 valence electrons. The number of anilines is 1. The molecule has 1 aromatic heterocycles. The van der Waals surface area contributed by atoms with Crippen LogP contribution in [0.5, 0.6) is 0 Å². The van der Waals surface area contributed by atoms with E-state index < -0.39 is 5.25 Å². The summed E-state index contributed by atoms with van der Waals surface area (Å²) in [5, 5.41) is 3.75. The zero-order valence-electron chi connectivity index (χ0n) is 16.6. The van der Waals surface area contributed by atoms with Gasteiger partial charge in [0.2, 0.25) is 5.91 Å². The zero-order chi connectivity index (χ0) is 20.3. The molecule has 0 fully saturated rings. The normalized spacial score (nSPS) is 13.3. The van der Waals surface area contributed by atoms with Crippen molar-refractivity contribution in [3.05, 3.63) is 64.4 Å². The Hall–Kier alpha value is -2.60. The number of fused-ring (bicyclic) bond motifs is 1. The highest BCUT2D eigenvalue weighted by atomic mass is 32.2. The number of amides is 1. The number of nitrogens with zero attached hydrogens (tertiary/aromatic N) is 2. The highest BCUT2D eigenvalue weighted by molar-refractivity contribution is 8.00. The Labute approximate surface area is 169 Å². The van der Waals surface area contributed by atoms with Crippen LogP contribution < -0.4 is 10.9 Å². The maximum atomic E-state index is 12.8. The Balaban J connectivity index is 1.82. The van der Waals surface area contributed by atoms with E-state index in [1.807, 2.05) is 43.3 Å². The summed E-state index contributed by atoms with van der Waals surface area (Å²) in [4.78, 5) is 29.9. The summed E-state index contributed by atoms with van der Waals surface area (Å²) in [7, 11) is 1.69. The number of hydrogen-bond acceptors (Lipinski definition) is 4. The average Bonchev–Trinajstić information content (AvgIpc) is 2.71. The summed E-state index contributed by atoms with van der Waals surface area (Å²) in [6.45, 7) is 6.11. The smallest absolute Gasteiger partial charge is 0.261 e. The first-order valence-corrected chi connectivity index (χ1v) is 10.3. The van der Waals surface area contributed by atoms with E-state index in [0.29, 0.717) is 22.0 Å². The van der Waals surface area contributed by atoms with E-state index in [2.05, 4.69) is 30.2 Å². The lowest BCUT2D eigenvalue weighted by molar-refractivity contribution is -0.115. The summed E-state index contributed by atoms with van der Waals surface area (Å²) in [6.07, 6.45) is 1.00. The van der Waals surface area contributed by atoms with Crippen molar-refractivity contribution in [2.45, 2.75) is 43.5 Å². The number of aromatic nitrogens is 2. The molecule has 0 aliphatic heterocycles. The van der Waals surface area contributed by atoms with Crippen LogP contribution in [0.25, 0.3) is 10.9 Å². The molecule has 1 amide bonds. The van der Waals surface area contributed by atoms with E-state index in [1.165, 1.54) is 16.3 Å². The highest BCUT2D eigenvalue weighted by Crippen LogP contribution is 2.28. The van der Waals surface area contributed by atoms with Crippen LogP contribution >= 0.6 is 11.8 Å². The Kier molecular flexibility index (Phi) is 6.19. The molecule has 28 heavy (non-hydrogen) atoms. The third kappa shape index (κ3) is 4.12. The van der Waals surface area contributed by atoms with E-state index in [9.17, 15) is 9.59 Å². The van der Waals surface area contributed by atoms with E-state index in [-0.39, 0.29) is 11.5 Å². The average molecular weight is 396 g/mol. The third-order valence-corrected chi connectivity index (χ3v) is 6.10. The summed E-state index contributed by atoms with van der Waals surface area (Å²) < 4.78 is 1.50. The molecule has 2 aromatic carbocycles. The summed E-state index contributed by atoms with van der Waals surface area (Å²) in [5.74, 6) is 0.255. The minimum absolute atomic E-state index is 0.108. The molecule has 0 spiro atoms. The second kappa shape index (κ2) is 8.61. The van der Waals surface area contributed by atoms with Crippen molar-refractivity contribution in [1.82, 2.24) is 9.55 Å². The monoisotopic (exact) mass is 395 g/mol. The fourth-order valence-electron chi connectivity index (χ4n) is 3.01. The standard InChI is InChI=1S/C22H25N3O2S/c1-5-14(2)16-10-6-8-12-18(16)23-20(26)15(3)28-22-24-19-13-9-7-11-17(19)21(27)25(22)4/h6-15H,5H2,1-4H3,(H,23,26). The molecule has 2 atom stereocenters. The fourth-order valence-corrected chi connectivity index (χ4v) is 3.88. The van der Waals surface area contributed by atoms with Gasteiger partial charge in [-0.25, -0.2) is 4.98 Å². The van der Waals surface area contributed by atoms with Gasteiger partial charge in [0.1, 0.15) is 0 Å². The first kappa shape index (κ1) is 20.1. The second-order valence-electron chi connectivity index (χ2n) is 6.92. The van der Waals surface area contributed by atoms with Crippen LogP contribution in [0.1, 0.15) is 38.7 Å². The lowest BCUT2D eigenvalue weighted by Crippen LogP contribution is -2.26. The molecule has 2 unspecified atom stereocenters. The molecule has 0 radical (unpaired) electrons. The Morgan fingerprint density at radius 3 is 2.57 bits per heavy atom. The summed E-state index contributed by atoms with van der Waals surface area (Å²) in [5.41, 5.74) is 2.51. The predicted octanol–water partition coefficient (Wildman–Crippen LogP) is 4.57. The van der Waals surface area contributed by atoms with Gasteiger partial charge in [-0.2, -0.15) is 0 Å². The first-order chi connectivity index (χ1) is 13.4. The van der Waals surface area contributed by atoms with Gasteiger partial charge in [0.25, 0.3) is 5.56 Å². The molecule has 0 aliphatic carbocycles. The molecule has 0 saturated carbocycles. The quantitative estimate of drug-likeness (QED) is 0.491. The van der Waals surface area contributed by atoms with Gasteiger partial charge in [0.15, 0.2) is 5.16 Å². The molecular weight excluding hydrogens is 370 g/mol. The van der Waals surface area contributed by atoms with Crippen molar-refractivity contribution in [2.24, 2.45) is 7.05 Å². The topological polar surface area (TPSA) is 64.0 Å². The number of para-hydroxylation sites is 2. The van der Waals surface area contributed by atoms with Gasteiger partial charge in [-0.1, -0.05) is 55.9 Å². The minimum Gasteiger partial charge on any atom is -0.325 e. The predicted molar refractivity (Wildman–Crippen MR) is 116 cm³/mol. The van der Waals surface area contributed by atoms with Crippen molar-refractivity contribution >= 4 is 34.3 Å². The molecule has 6 heteroatoms. The molecule has 0 saturated heterocycles. The van der Waals surface area contributed by atoms with Gasteiger partial charge >= 0.3 is 0 Å². The minimum atomic E-state index is -0.399. The molecule has 0 aliphatic rings. The van der Waals surface area contributed by atoms with Crippen LogP contribution in [-0.4, -0.2) is 20.7 Å². The second-order valence-corrected chi connectivity index (χ2v) is 8.23. The van der Waals surface area contributed by atoms with Crippen molar-refractivity contribution in [1.29, 1.82) is 0 Å². The highest BCUT2D eigenvalue weighted by Gasteiger charge is 2.20. The lowest BCUT2D eigenvalue weighted by atomic mass is 9.97. The van der Waals surface area contributed by atoms with E-state index in [4.69, 9.17) is 0 Å². The maximum Gasteiger partial charge on any atom is 0.261 e. The molecular formula is C22H25N3O2S. The zero-order valence-corrected chi connectivity index (χ0v) is 17.4. The number of nitrogens with one attached hydrogen (secondary N) is 1. The van der Waals surface area contributed by atoms with Crippen LogP contribution in [0.2, 0.25) is 0 Å². The van der Waals surface area contributed by atoms with Gasteiger partial charge in [0.05, 0.1) is 16.2 Å². The van der Waals surface area contributed by atoms with Crippen molar-refractivity contribution in [3.8, 4) is 0 Å². The van der Waals surface area contributed by atoms with Gasteiger partial charge in [-0.05, 0) is 43.0 Å². The van der Waals surface area contributed by atoms with Gasteiger partial charge in [-0.15, -0.1) is 0 Å². The molecule has 1 heterocycles. The first-order valence-electron chi connectivity index (χ1n) is 9.44. The largest absolute Gasteiger partial charge is 0.325 e. The third-order valence-electron chi connectivity index (χ3n) is 4.96. The number of rotatable bonds is 6. The van der Waals surface area contributed by atoms with Gasteiger partial charge in [-0.3, -0.25) is 14.2 Å². The fraction of sp³-hybridized carbons (Fsp3) is 0.318. The molecule has 3 rings (SSSR count). The number of carbonyl (C=O) groups is 1. The van der Waals surface area contributed by atoms with Crippen molar-refractivity contribution in [3.63, 3.8) is 0 Å². The molecule has 5 nitrogen and oxygen atoms in total. The van der Waals surface area contributed by atoms with Crippen LogP contribution in [0.15, 0.2) is 58.5 Å². The summed E-state index contributed by atoms with van der Waals surface area (Å²) >= 11 is 1.29. The van der Waals surface area contributed by atoms with Crippen molar-refractivity contribution < 1.29 is 4.79 Å². The number of carbonyl (C=O) groups excluding carboxylic acids is 1.